The Kier molecular flexibility index (Phi) is 6.32. The van der Waals surface area contributed by atoms with Crippen molar-refractivity contribution < 1.29 is 19.1 Å². The van der Waals surface area contributed by atoms with Gasteiger partial charge >= 0.3 is 12.1 Å². The van der Waals surface area contributed by atoms with E-state index in [-0.39, 0.29) is 24.2 Å². The van der Waals surface area contributed by atoms with Crippen LogP contribution in [0.5, 0.6) is 0 Å². The summed E-state index contributed by atoms with van der Waals surface area (Å²) in [6.45, 7) is 9.46. The zero-order valence-electron chi connectivity index (χ0n) is 15.3. The molecule has 2 heterocycles. The Balaban J connectivity index is 1.79. The first-order valence-electron chi connectivity index (χ1n) is 8.91. The minimum atomic E-state index is -0.521. The van der Waals surface area contributed by atoms with Crippen LogP contribution in [0.4, 0.5) is 9.59 Å². The van der Waals surface area contributed by atoms with Gasteiger partial charge in [0.15, 0.2) is 0 Å². The van der Waals surface area contributed by atoms with Crippen LogP contribution in [0.3, 0.4) is 0 Å². The molecule has 24 heavy (non-hydrogen) atoms. The van der Waals surface area contributed by atoms with Crippen molar-refractivity contribution in [1.29, 1.82) is 0 Å². The largest absolute Gasteiger partial charge is 0.444 e. The van der Waals surface area contributed by atoms with E-state index >= 15 is 0 Å². The van der Waals surface area contributed by atoms with Gasteiger partial charge in [-0.25, -0.2) is 9.59 Å². The number of hydrogen-bond donors (Lipinski definition) is 2. The van der Waals surface area contributed by atoms with E-state index in [0.29, 0.717) is 13.1 Å². The summed E-state index contributed by atoms with van der Waals surface area (Å²) < 4.78 is 10.9. The number of rotatable bonds is 3. The minimum absolute atomic E-state index is 0.000749. The molecule has 0 aromatic rings. The van der Waals surface area contributed by atoms with Crippen molar-refractivity contribution in [2.75, 3.05) is 19.7 Å². The normalized spacial score (nSPS) is 25.9. The highest BCUT2D eigenvalue weighted by Gasteiger charge is 2.29. The van der Waals surface area contributed by atoms with E-state index < -0.39 is 11.7 Å². The van der Waals surface area contributed by atoms with Crippen LogP contribution in [0.2, 0.25) is 0 Å². The summed E-state index contributed by atoms with van der Waals surface area (Å²) in [4.78, 5) is 26.1. The van der Waals surface area contributed by atoms with Crippen molar-refractivity contribution in [2.24, 2.45) is 0 Å². The lowest BCUT2D eigenvalue weighted by Crippen LogP contribution is -2.55. The van der Waals surface area contributed by atoms with Crippen LogP contribution in [-0.2, 0) is 9.47 Å². The lowest BCUT2D eigenvalue weighted by atomic mass is 10.1. The molecule has 0 spiro atoms. The van der Waals surface area contributed by atoms with Crippen molar-refractivity contribution in [3.63, 3.8) is 0 Å². The Morgan fingerprint density at radius 2 is 2.00 bits per heavy atom. The summed E-state index contributed by atoms with van der Waals surface area (Å²) in [6, 6.07) is -0.162. The molecule has 2 aliphatic heterocycles. The van der Waals surface area contributed by atoms with Crippen LogP contribution in [0, 0.1) is 0 Å². The van der Waals surface area contributed by atoms with Gasteiger partial charge in [0, 0.05) is 25.7 Å². The summed E-state index contributed by atoms with van der Waals surface area (Å²) in [7, 11) is 0. The molecular weight excluding hydrogens is 310 g/mol. The Morgan fingerprint density at radius 1 is 1.25 bits per heavy atom. The topological polar surface area (TPSA) is 79.9 Å². The lowest BCUT2D eigenvalue weighted by molar-refractivity contribution is 0.0476. The van der Waals surface area contributed by atoms with Crippen LogP contribution in [0.25, 0.3) is 0 Å². The van der Waals surface area contributed by atoms with E-state index in [4.69, 9.17) is 9.47 Å². The molecule has 2 N–H and O–H groups in total. The highest BCUT2D eigenvalue weighted by molar-refractivity contribution is 5.75. The maximum Gasteiger partial charge on any atom is 0.407 e. The van der Waals surface area contributed by atoms with Crippen molar-refractivity contribution in [3.05, 3.63) is 0 Å². The quantitative estimate of drug-likeness (QED) is 0.825. The molecule has 138 valence electrons. The molecule has 2 fully saturated rings. The van der Waals surface area contributed by atoms with Gasteiger partial charge in [0.05, 0.1) is 12.1 Å². The molecule has 7 heteroatoms. The molecule has 3 atom stereocenters. The zero-order chi connectivity index (χ0) is 17.7. The monoisotopic (exact) mass is 341 g/mol. The predicted molar refractivity (Wildman–Crippen MR) is 90.9 cm³/mol. The second-order valence-electron chi connectivity index (χ2n) is 7.72. The Bertz CT molecular complexity index is 444. The minimum Gasteiger partial charge on any atom is -0.444 e. The molecule has 0 radical (unpaired) electrons. The molecule has 0 saturated carbocycles. The molecule has 2 saturated heterocycles. The summed E-state index contributed by atoms with van der Waals surface area (Å²) in [5.41, 5.74) is -0.521. The van der Waals surface area contributed by atoms with Crippen LogP contribution in [-0.4, -0.2) is 60.5 Å². The van der Waals surface area contributed by atoms with E-state index in [9.17, 15) is 9.59 Å². The number of piperidine rings is 1. The third kappa shape index (κ3) is 5.85. The van der Waals surface area contributed by atoms with Gasteiger partial charge in [-0.1, -0.05) is 0 Å². The molecule has 0 aliphatic carbocycles. The van der Waals surface area contributed by atoms with E-state index in [1.807, 2.05) is 27.7 Å². The average Bonchev–Trinajstić information content (AvgIpc) is 2.99. The number of likely N-dealkylation sites (tertiary alicyclic amines) is 1. The van der Waals surface area contributed by atoms with Crippen molar-refractivity contribution in [3.8, 4) is 0 Å². The number of hydrogen-bond acceptors (Lipinski definition) is 4. The van der Waals surface area contributed by atoms with Gasteiger partial charge in [-0.15, -0.1) is 0 Å². The number of nitrogens with one attached hydrogen (secondary N) is 2. The molecule has 0 unspecified atom stereocenters. The van der Waals surface area contributed by atoms with E-state index in [1.54, 1.807) is 4.90 Å². The van der Waals surface area contributed by atoms with E-state index in [1.165, 1.54) is 0 Å². The van der Waals surface area contributed by atoms with Gasteiger partial charge in [0.1, 0.15) is 5.60 Å². The molecule has 0 aromatic heterocycles. The predicted octanol–water partition coefficient (Wildman–Crippen LogP) is 2.25. The third-order valence-electron chi connectivity index (χ3n) is 4.30. The third-order valence-corrected chi connectivity index (χ3v) is 4.30. The summed E-state index contributed by atoms with van der Waals surface area (Å²) in [5, 5.41) is 5.88. The first kappa shape index (κ1) is 18.8. The molecule has 2 aliphatic rings. The van der Waals surface area contributed by atoms with Crippen LogP contribution >= 0.6 is 0 Å². The van der Waals surface area contributed by atoms with E-state index in [2.05, 4.69) is 10.6 Å². The molecular formula is C17H31N3O4. The van der Waals surface area contributed by atoms with Crippen molar-refractivity contribution >= 4 is 12.1 Å². The number of nitrogens with zero attached hydrogens (tertiary/aromatic N) is 1. The number of urea groups is 1. The Morgan fingerprint density at radius 3 is 2.62 bits per heavy atom. The molecule has 0 aromatic carbocycles. The fourth-order valence-corrected chi connectivity index (χ4v) is 3.13. The van der Waals surface area contributed by atoms with Gasteiger partial charge in [0.2, 0.25) is 0 Å². The second kappa shape index (κ2) is 8.05. The molecule has 0 bridgehead atoms. The van der Waals surface area contributed by atoms with Crippen LogP contribution in [0.15, 0.2) is 0 Å². The smallest absolute Gasteiger partial charge is 0.407 e. The number of carbonyl (C=O) groups is 2. The number of carbonyl (C=O) groups excluding carboxylic acids is 2. The summed E-state index contributed by atoms with van der Waals surface area (Å²) in [6.07, 6.45) is 3.43. The molecule has 3 amide bonds. The van der Waals surface area contributed by atoms with Gasteiger partial charge in [-0.2, -0.15) is 0 Å². The van der Waals surface area contributed by atoms with Gasteiger partial charge in [0.25, 0.3) is 0 Å². The first-order valence-corrected chi connectivity index (χ1v) is 8.91. The highest BCUT2D eigenvalue weighted by Crippen LogP contribution is 2.17. The molecule has 2 rings (SSSR count). The van der Waals surface area contributed by atoms with Crippen molar-refractivity contribution in [1.82, 2.24) is 15.5 Å². The zero-order valence-corrected chi connectivity index (χ0v) is 15.3. The Hall–Kier alpha value is -1.50. The van der Waals surface area contributed by atoms with Gasteiger partial charge in [-0.05, 0) is 53.4 Å². The number of amides is 3. The van der Waals surface area contributed by atoms with Crippen molar-refractivity contribution in [2.45, 2.75) is 77.2 Å². The van der Waals surface area contributed by atoms with Gasteiger partial charge in [-0.3, -0.25) is 0 Å². The highest BCUT2D eigenvalue weighted by atomic mass is 16.6. The van der Waals surface area contributed by atoms with Crippen LogP contribution < -0.4 is 10.6 Å². The fraction of sp³-hybridized carbons (Fsp3) is 0.882. The first-order chi connectivity index (χ1) is 11.2. The maximum absolute atomic E-state index is 12.4. The Labute approximate surface area is 144 Å². The van der Waals surface area contributed by atoms with Crippen LogP contribution in [0.1, 0.15) is 53.4 Å². The number of ether oxygens (including phenoxy) is 2. The molecule has 7 nitrogen and oxygen atoms in total. The maximum atomic E-state index is 12.4. The fourth-order valence-electron chi connectivity index (χ4n) is 3.13. The average molecular weight is 341 g/mol. The number of alkyl carbamates (subject to hydrolysis) is 1. The summed E-state index contributed by atoms with van der Waals surface area (Å²) in [5.74, 6) is 0. The lowest BCUT2D eigenvalue weighted by Gasteiger charge is -2.34. The summed E-state index contributed by atoms with van der Waals surface area (Å²) >= 11 is 0. The van der Waals surface area contributed by atoms with E-state index in [0.717, 1.165) is 32.3 Å². The SMILES string of the molecule is C[C@H](NC(=O)N1CCC[C@@H](NC(=O)OC(C)(C)C)C1)[C@@H]1CCCO1. The second-order valence-corrected chi connectivity index (χ2v) is 7.72. The van der Waals surface area contributed by atoms with Gasteiger partial charge < -0.3 is 25.0 Å². The standard InChI is InChI=1S/C17H31N3O4/c1-12(14-8-6-10-23-14)18-15(21)20-9-5-7-13(11-20)19-16(22)24-17(2,3)4/h12-14H,5-11H2,1-4H3,(H,18,21)(H,19,22)/t12-,13+,14-/m0/s1.